The molecule has 1 saturated heterocycles. The Balaban J connectivity index is 2.54. The van der Waals surface area contributed by atoms with E-state index in [1.165, 1.54) is 25.9 Å². The third-order valence-electron chi connectivity index (χ3n) is 3.70. The molecular formula is C15H32N4. The second-order valence-corrected chi connectivity index (χ2v) is 5.70. The molecule has 1 atom stereocenters. The number of hydrogen-bond donors (Lipinski definition) is 2. The fourth-order valence-corrected chi connectivity index (χ4v) is 2.59. The van der Waals surface area contributed by atoms with E-state index in [4.69, 9.17) is 4.99 Å². The zero-order valence-electron chi connectivity index (χ0n) is 13.2. The van der Waals surface area contributed by atoms with Crippen molar-refractivity contribution in [2.75, 3.05) is 32.7 Å². The third kappa shape index (κ3) is 5.81. The lowest BCUT2D eigenvalue weighted by molar-refractivity contribution is 0.197. The number of guanidine groups is 1. The van der Waals surface area contributed by atoms with Crippen LogP contribution in [0.4, 0.5) is 0 Å². The van der Waals surface area contributed by atoms with E-state index in [-0.39, 0.29) is 0 Å². The predicted octanol–water partition coefficient (Wildman–Crippen LogP) is 2.07. The van der Waals surface area contributed by atoms with Crippen LogP contribution in [0.3, 0.4) is 0 Å². The molecule has 0 spiro atoms. The molecule has 1 aliphatic heterocycles. The molecule has 1 aliphatic rings. The molecule has 0 aromatic heterocycles. The molecule has 19 heavy (non-hydrogen) atoms. The van der Waals surface area contributed by atoms with Gasteiger partial charge in [-0.1, -0.05) is 20.8 Å². The van der Waals surface area contributed by atoms with Gasteiger partial charge >= 0.3 is 0 Å². The maximum atomic E-state index is 4.77. The summed E-state index contributed by atoms with van der Waals surface area (Å²) >= 11 is 0. The van der Waals surface area contributed by atoms with E-state index in [1.54, 1.807) is 0 Å². The Morgan fingerprint density at radius 2 is 1.84 bits per heavy atom. The number of likely N-dealkylation sites (tertiary alicyclic amines) is 1. The molecule has 1 heterocycles. The van der Waals surface area contributed by atoms with Crippen molar-refractivity contribution in [3.63, 3.8) is 0 Å². The van der Waals surface area contributed by atoms with Gasteiger partial charge in [0.25, 0.3) is 0 Å². The third-order valence-corrected chi connectivity index (χ3v) is 3.70. The summed E-state index contributed by atoms with van der Waals surface area (Å²) in [7, 11) is 0. The van der Waals surface area contributed by atoms with Gasteiger partial charge in [-0.3, -0.25) is 9.89 Å². The van der Waals surface area contributed by atoms with Gasteiger partial charge in [0.15, 0.2) is 5.96 Å². The maximum Gasteiger partial charge on any atom is 0.191 e. The Morgan fingerprint density at radius 1 is 1.16 bits per heavy atom. The summed E-state index contributed by atoms with van der Waals surface area (Å²) in [5.41, 5.74) is 0. The summed E-state index contributed by atoms with van der Waals surface area (Å²) < 4.78 is 0. The van der Waals surface area contributed by atoms with Crippen LogP contribution in [0, 0.1) is 5.92 Å². The summed E-state index contributed by atoms with van der Waals surface area (Å²) in [5.74, 6) is 1.63. The fourth-order valence-electron chi connectivity index (χ4n) is 2.59. The molecule has 1 fully saturated rings. The normalized spacial score (nSPS) is 18.9. The zero-order chi connectivity index (χ0) is 14.1. The Morgan fingerprint density at radius 3 is 2.37 bits per heavy atom. The largest absolute Gasteiger partial charge is 0.357 e. The van der Waals surface area contributed by atoms with Crippen molar-refractivity contribution in [3.8, 4) is 0 Å². The van der Waals surface area contributed by atoms with Crippen molar-refractivity contribution >= 4 is 5.96 Å². The van der Waals surface area contributed by atoms with Gasteiger partial charge in [0.05, 0.1) is 6.54 Å². The highest BCUT2D eigenvalue weighted by molar-refractivity contribution is 5.79. The van der Waals surface area contributed by atoms with Gasteiger partial charge in [-0.15, -0.1) is 0 Å². The zero-order valence-corrected chi connectivity index (χ0v) is 13.2. The quantitative estimate of drug-likeness (QED) is 0.548. The standard InChI is InChI=1S/C15H32N4/c1-5-9-17-15(16-6-2)18-12-14(13(3)4)19-10-7-8-11-19/h13-14H,5-12H2,1-4H3,(H2,16,17,18). The SMILES string of the molecule is CCCNC(=NCC(C(C)C)N1CCCC1)NCC. The number of rotatable bonds is 7. The second kappa shape index (κ2) is 9.18. The molecule has 1 unspecified atom stereocenters. The topological polar surface area (TPSA) is 39.7 Å². The van der Waals surface area contributed by atoms with Crippen LogP contribution in [-0.4, -0.2) is 49.6 Å². The second-order valence-electron chi connectivity index (χ2n) is 5.70. The lowest BCUT2D eigenvalue weighted by atomic mass is 10.0. The number of aliphatic imine (C=N–C) groups is 1. The molecule has 1 rings (SSSR count). The molecule has 0 radical (unpaired) electrons. The molecule has 0 aromatic carbocycles. The molecule has 0 aliphatic carbocycles. The average Bonchev–Trinajstić information content (AvgIpc) is 2.89. The predicted molar refractivity (Wildman–Crippen MR) is 83.7 cm³/mol. The van der Waals surface area contributed by atoms with Gasteiger partial charge in [-0.2, -0.15) is 0 Å². The Hall–Kier alpha value is -0.770. The van der Waals surface area contributed by atoms with Gasteiger partial charge in [0.1, 0.15) is 0 Å². The summed E-state index contributed by atoms with van der Waals surface area (Å²) in [4.78, 5) is 7.38. The van der Waals surface area contributed by atoms with Crippen molar-refractivity contribution < 1.29 is 0 Å². The number of nitrogens with zero attached hydrogens (tertiary/aromatic N) is 2. The monoisotopic (exact) mass is 268 g/mol. The number of hydrogen-bond acceptors (Lipinski definition) is 2. The Bertz CT molecular complexity index is 257. The fraction of sp³-hybridized carbons (Fsp3) is 0.933. The van der Waals surface area contributed by atoms with Crippen molar-refractivity contribution in [2.24, 2.45) is 10.9 Å². The van der Waals surface area contributed by atoms with E-state index < -0.39 is 0 Å². The number of nitrogens with one attached hydrogen (secondary N) is 2. The minimum atomic E-state index is 0.583. The Kier molecular flexibility index (Phi) is 7.87. The Labute approximate surface area is 119 Å². The average molecular weight is 268 g/mol. The first-order valence-electron chi connectivity index (χ1n) is 7.95. The van der Waals surface area contributed by atoms with Gasteiger partial charge in [0, 0.05) is 19.1 Å². The molecule has 4 nitrogen and oxygen atoms in total. The molecule has 2 N–H and O–H groups in total. The first-order chi connectivity index (χ1) is 9.19. The van der Waals surface area contributed by atoms with Crippen molar-refractivity contribution in [2.45, 2.75) is 53.0 Å². The highest BCUT2D eigenvalue weighted by atomic mass is 15.2. The molecule has 0 aromatic rings. The summed E-state index contributed by atoms with van der Waals surface area (Å²) in [6.45, 7) is 14.2. The lowest BCUT2D eigenvalue weighted by Gasteiger charge is -2.29. The minimum Gasteiger partial charge on any atom is -0.357 e. The highest BCUT2D eigenvalue weighted by Crippen LogP contribution is 2.17. The van der Waals surface area contributed by atoms with E-state index in [0.717, 1.165) is 32.0 Å². The van der Waals surface area contributed by atoms with Crippen LogP contribution in [0.25, 0.3) is 0 Å². The van der Waals surface area contributed by atoms with E-state index >= 15 is 0 Å². The first-order valence-corrected chi connectivity index (χ1v) is 7.95. The van der Waals surface area contributed by atoms with Gasteiger partial charge < -0.3 is 10.6 Å². The minimum absolute atomic E-state index is 0.583. The van der Waals surface area contributed by atoms with E-state index in [2.05, 4.69) is 43.2 Å². The van der Waals surface area contributed by atoms with E-state index in [9.17, 15) is 0 Å². The van der Waals surface area contributed by atoms with Crippen LogP contribution in [0.5, 0.6) is 0 Å². The molecule has 0 saturated carbocycles. The van der Waals surface area contributed by atoms with Crippen molar-refractivity contribution in [3.05, 3.63) is 0 Å². The molecule has 4 heteroatoms. The van der Waals surface area contributed by atoms with Crippen molar-refractivity contribution in [1.29, 1.82) is 0 Å². The molecule has 112 valence electrons. The van der Waals surface area contributed by atoms with Crippen LogP contribution in [0.2, 0.25) is 0 Å². The lowest BCUT2D eigenvalue weighted by Crippen LogP contribution is -2.42. The summed E-state index contributed by atoms with van der Waals surface area (Å²) in [6.07, 6.45) is 3.83. The van der Waals surface area contributed by atoms with Gasteiger partial charge in [-0.25, -0.2) is 0 Å². The van der Waals surface area contributed by atoms with Crippen LogP contribution >= 0.6 is 0 Å². The van der Waals surface area contributed by atoms with E-state index in [1.807, 2.05) is 0 Å². The van der Waals surface area contributed by atoms with Crippen molar-refractivity contribution in [1.82, 2.24) is 15.5 Å². The van der Waals surface area contributed by atoms with Crippen LogP contribution in [0.1, 0.15) is 47.0 Å². The highest BCUT2D eigenvalue weighted by Gasteiger charge is 2.24. The van der Waals surface area contributed by atoms with Gasteiger partial charge in [-0.05, 0) is 45.2 Å². The summed E-state index contributed by atoms with van der Waals surface area (Å²) in [5, 5.41) is 6.70. The van der Waals surface area contributed by atoms with Crippen LogP contribution in [0.15, 0.2) is 4.99 Å². The van der Waals surface area contributed by atoms with Gasteiger partial charge in [0.2, 0.25) is 0 Å². The van der Waals surface area contributed by atoms with E-state index in [0.29, 0.717) is 12.0 Å². The molecule has 0 amide bonds. The first kappa shape index (κ1) is 16.3. The maximum absolute atomic E-state index is 4.77. The summed E-state index contributed by atoms with van der Waals surface area (Å²) in [6, 6.07) is 0.583. The van der Waals surface area contributed by atoms with Crippen LogP contribution in [-0.2, 0) is 0 Å². The smallest absolute Gasteiger partial charge is 0.191 e. The molecular weight excluding hydrogens is 236 g/mol. The van der Waals surface area contributed by atoms with Crippen LogP contribution < -0.4 is 10.6 Å². The molecule has 0 bridgehead atoms.